The normalized spacial score (nSPS) is 17.7. The topological polar surface area (TPSA) is 158 Å². The van der Waals surface area contributed by atoms with Crippen LogP contribution in [0.5, 0.6) is 0 Å². The summed E-state index contributed by atoms with van der Waals surface area (Å²) in [5.74, 6) is -0.322. The summed E-state index contributed by atoms with van der Waals surface area (Å²) < 4.78 is 2.11. The minimum atomic E-state index is -0.681. The first-order valence-corrected chi connectivity index (χ1v) is 11.4. The molecule has 0 saturated heterocycles. The molecule has 4 rings (SSSR count). The number of hydrogen-bond donors (Lipinski definition) is 4. The molecule has 1 aliphatic carbocycles. The lowest BCUT2D eigenvalue weighted by atomic mass is 10.0. The van der Waals surface area contributed by atoms with E-state index in [0.29, 0.717) is 39.9 Å². The average molecular weight is 514 g/mol. The van der Waals surface area contributed by atoms with Crippen LogP contribution in [0.2, 0.25) is 0 Å². The third-order valence-electron chi connectivity index (χ3n) is 5.66. The van der Waals surface area contributed by atoms with Crippen molar-refractivity contribution in [2.45, 2.75) is 38.3 Å². The Bertz CT molecular complexity index is 1230. The molecule has 10 nitrogen and oxygen atoms in total. The highest BCUT2D eigenvalue weighted by Crippen LogP contribution is 2.29. The van der Waals surface area contributed by atoms with Crippen LogP contribution >= 0.6 is 15.9 Å². The molecule has 0 spiro atoms. The van der Waals surface area contributed by atoms with Crippen LogP contribution in [0, 0.1) is 5.92 Å². The van der Waals surface area contributed by atoms with Crippen molar-refractivity contribution < 1.29 is 14.4 Å². The highest BCUT2D eigenvalue weighted by Gasteiger charge is 2.28. The Balaban J connectivity index is 1.32. The van der Waals surface area contributed by atoms with Gasteiger partial charge in [0.1, 0.15) is 17.0 Å². The fourth-order valence-corrected chi connectivity index (χ4v) is 4.58. The monoisotopic (exact) mass is 513 g/mol. The standard InChI is InChI=1S/C22H24BrN7O3/c23-17-2-1-3-18(27-17)28-19(31)9-12-4-6-14(8-12)26-20(32)11-30-16-7-5-13(24)10-15(16)21(29-30)22(25)33/h1-3,5,7,10,12,14H,4,6,8-9,11,24H2,(H2,25,33)(H,26,32)(H,27,28,31). The van der Waals surface area contributed by atoms with Crippen molar-refractivity contribution in [3.05, 3.63) is 46.7 Å². The number of aromatic nitrogens is 3. The number of halogens is 1. The molecule has 33 heavy (non-hydrogen) atoms. The molecule has 1 fully saturated rings. The number of nitrogen functional groups attached to an aromatic ring is 1. The van der Waals surface area contributed by atoms with Gasteiger partial charge in [0.2, 0.25) is 11.8 Å². The lowest BCUT2D eigenvalue weighted by molar-refractivity contribution is -0.122. The van der Waals surface area contributed by atoms with Crippen molar-refractivity contribution in [1.29, 1.82) is 0 Å². The van der Waals surface area contributed by atoms with Gasteiger partial charge in [0.05, 0.1) is 5.52 Å². The smallest absolute Gasteiger partial charge is 0.269 e. The first kappa shape index (κ1) is 22.7. The van der Waals surface area contributed by atoms with Crippen LogP contribution in [0.3, 0.4) is 0 Å². The number of primary amides is 1. The summed E-state index contributed by atoms with van der Waals surface area (Å²) in [6, 6.07) is 10.3. The van der Waals surface area contributed by atoms with Gasteiger partial charge in [-0.25, -0.2) is 4.98 Å². The molecule has 3 amide bonds. The van der Waals surface area contributed by atoms with Crippen molar-refractivity contribution in [3.8, 4) is 0 Å². The Labute approximate surface area is 198 Å². The molecular formula is C22H24BrN7O3. The van der Waals surface area contributed by atoms with Crippen molar-refractivity contribution in [2.24, 2.45) is 11.7 Å². The number of fused-ring (bicyclic) bond motifs is 1. The average Bonchev–Trinajstić information content (AvgIpc) is 3.31. The molecule has 0 bridgehead atoms. The Morgan fingerprint density at radius 3 is 2.73 bits per heavy atom. The zero-order valence-corrected chi connectivity index (χ0v) is 19.3. The molecule has 3 aromatic rings. The predicted octanol–water partition coefficient (Wildman–Crippen LogP) is 2.19. The van der Waals surface area contributed by atoms with Gasteiger partial charge in [0.15, 0.2) is 5.69 Å². The summed E-state index contributed by atoms with van der Waals surface area (Å²) >= 11 is 3.28. The molecule has 2 atom stereocenters. The van der Waals surface area contributed by atoms with Crippen molar-refractivity contribution in [2.75, 3.05) is 11.1 Å². The van der Waals surface area contributed by atoms with E-state index >= 15 is 0 Å². The first-order valence-electron chi connectivity index (χ1n) is 10.6. The van der Waals surface area contributed by atoms with Crippen LogP contribution in [0.25, 0.3) is 10.9 Å². The van der Waals surface area contributed by atoms with Crippen LogP contribution in [-0.4, -0.2) is 38.5 Å². The molecule has 6 N–H and O–H groups in total. The van der Waals surface area contributed by atoms with E-state index in [1.807, 2.05) is 0 Å². The minimum Gasteiger partial charge on any atom is -0.399 e. The fraction of sp³-hybridized carbons (Fsp3) is 0.318. The number of amides is 3. The molecule has 2 unspecified atom stereocenters. The van der Waals surface area contributed by atoms with Gasteiger partial charge >= 0.3 is 0 Å². The van der Waals surface area contributed by atoms with E-state index in [1.165, 1.54) is 4.68 Å². The summed E-state index contributed by atoms with van der Waals surface area (Å²) in [5.41, 5.74) is 12.4. The van der Waals surface area contributed by atoms with Crippen molar-refractivity contribution in [3.63, 3.8) is 0 Å². The molecular weight excluding hydrogens is 490 g/mol. The van der Waals surface area contributed by atoms with Crippen LogP contribution in [0.15, 0.2) is 41.0 Å². The number of pyridine rings is 1. The molecule has 1 saturated carbocycles. The number of nitrogens with one attached hydrogen (secondary N) is 2. The molecule has 2 aromatic heterocycles. The number of nitrogens with zero attached hydrogens (tertiary/aromatic N) is 3. The quantitative estimate of drug-likeness (QED) is 0.280. The first-order chi connectivity index (χ1) is 15.8. The van der Waals surface area contributed by atoms with Crippen molar-refractivity contribution >= 4 is 56.1 Å². The van der Waals surface area contributed by atoms with E-state index in [4.69, 9.17) is 11.5 Å². The van der Waals surface area contributed by atoms with Crippen LogP contribution in [0.4, 0.5) is 11.5 Å². The van der Waals surface area contributed by atoms with Gasteiger partial charge in [0, 0.05) is 23.5 Å². The van der Waals surface area contributed by atoms with Crippen LogP contribution < -0.4 is 22.1 Å². The summed E-state index contributed by atoms with van der Waals surface area (Å²) in [6.45, 7) is -0.0517. The van der Waals surface area contributed by atoms with E-state index in [-0.39, 0.29) is 36.0 Å². The SMILES string of the molecule is NC(=O)c1nn(CC(=O)NC2CCC(CC(=O)Nc3cccc(Br)n3)C2)c2ccc(N)cc12. The third kappa shape index (κ3) is 5.48. The second-order valence-corrected chi connectivity index (χ2v) is 9.00. The summed E-state index contributed by atoms with van der Waals surface area (Å²) in [7, 11) is 0. The Hall–Kier alpha value is -3.47. The molecule has 0 radical (unpaired) electrons. The molecule has 2 heterocycles. The summed E-state index contributed by atoms with van der Waals surface area (Å²) in [6.07, 6.45) is 2.73. The highest BCUT2D eigenvalue weighted by molar-refractivity contribution is 9.10. The number of carbonyl (C=O) groups excluding carboxylic acids is 3. The molecule has 172 valence electrons. The molecule has 1 aromatic carbocycles. The summed E-state index contributed by atoms with van der Waals surface area (Å²) in [4.78, 5) is 40.9. The van der Waals surface area contributed by atoms with Gasteiger partial charge in [-0.05, 0) is 71.4 Å². The summed E-state index contributed by atoms with van der Waals surface area (Å²) in [5, 5.41) is 10.5. The number of nitrogens with two attached hydrogens (primary N) is 2. The van der Waals surface area contributed by atoms with Crippen molar-refractivity contribution in [1.82, 2.24) is 20.1 Å². The third-order valence-corrected chi connectivity index (χ3v) is 6.11. The molecule has 0 aliphatic heterocycles. The second kappa shape index (κ2) is 9.57. The van der Waals surface area contributed by atoms with Gasteiger partial charge in [0.25, 0.3) is 5.91 Å². The number of rotatable bonds is 7. The van der Waals surface area contributed by atoms with E-state index in [1.54, 1.807) is 36.4 Å². The number of anilines is 2. The van der Waals surface area contributed by atoms with Gasteiger partial charge in [-0.1, -0.05) is 6.07 Å². The number of benzene rings is 1. The fourth-order valence-electron chi connectivity index (χ4n) is 4.23. The van der Waals surface area contributed by atoms with Gasteiger partial charge in [-0.2, -0.15) is 5.10 Å². The Morgan fingerprint density at radius 2 is 1.97 bits per heavy atom. The van der Waals surface area contributed by atoms with Gasteiger partial charge in [-0.3, -0.25) is 19.1 Å². The number of hydrogen-bond acceptors (Lipinski definition) is 6. The zero-order valence-electron chi connectivity index (χ0n) is 17.8. The highest BCUT2D eigenvalue weighted by atomic mass is 79.9. The van der Waals surface area contributed by atoms with Gasteiger partial charge in [-0.15, -0.1) is 0 Å². The maximum absolute atomic E-state index is 12.7. The van der Waals surface area contributed by atoms with Crippen LogP contribution in [-0.2, 0) is 16.1 Å². The van der Waals surface area contributed by atoms with Crippen LogP contribution in [0.1, 0.15) is 36.2 Å². The minimum absolute atomic E-state index is 0.0209. The van der Waals surface area contributed by atoms with E-state index < -0.39 is 5.91 Å². The Kier molecular flexibility index (Phi) is 6.59. The maximum atomic E-state index is 12.7. The zero-order chi connectivity index (χ0) is 23.5. The largest absolute Gasteiger partial charge is 0.399 e. The van der Waals surface area contributed by atoms with Gasteiger partial charge < -0.3 is 22.1 Å². The van der Waals surface area contributed by atoms with E-state index in [9.17, 15) is 14.4 Å². The predicted molar refractivity (Wildman–Crippen MR) is 127 cm³/mol. The van der Waals surface area contributed by atoms with E-state index in [2.05, 4.69) is 36.6 Å². The second-order valence-electron chi connectivity index (χ2n) is 8.19. The lowest BCUT2D eigenvalue weighted by Gasteiger charge is -2.14. The molecule has 1 aliphatic rings. The Morgan fingerprint density at radius 1 is 1.15 bits per heavy atom. The molecule has 11 heteroatoms. The van der Waals surface area contributed by atoms with E-state index in [0.717, 1.165) is 12.8 Å². The lowest BCUT2D eigenvalue weighted by Crippen LogP contribution is -2.35. The maximum Gasteiger partial charge on any atom is 0.269 e. The number of carbonyl (C=O) groups is 3.